The van der Waals surface area contributed by atoms with Crippen molar-refractivity contribution in [2.75, 3.05) is 0 Å². The number of hydrogen-bond donors (Lipinski definition) is 0. The number of rotatable bonds is 0. The van der Waals surface area contributed by atoms with E-state index in [9.17, 15) is 0 Å². The first kappa shape index (κ1) is 36.0. The average Bonchev–Trinajstić information content (AvgIpc) is 1.54. The minimum atomic E-state index is -1.75. The molecule has 0 fully saturated rings. The topological polar surface area (TPSA) is 146 Å². The first-order valence-electron chi connectivity index (χ1n) is 2.36. The number of carboxylic acid groups (broad SMARTS) is 2. The Labute approximate surface area is 178 Å². The predicted molar refractivity (Wildman–Crippen MR) is 37.5 cm³/mol. The molecule has 0 aromatic carbocycles. The molecule has 8 nitrogen and oxygen atoms in total. The summed E-state index contributed by atoms with van der Waals surface area (Å²) in [6, 6.07) is 0. The van der Waals surface area contributed by atoms with Gasteiger partial charge in [-0.15, -0.1) is 0 Å². The molecule has 0 N–H and O–H groups in total. The van der Waals surface area contributed by atoms with Crippen LogP contribution in [-0.4, -0.2) is 62.5 Å². The van der Waals surface area contributed by atoms with Gasteiger partial charge in [-0.1, -0.05) is 0 Å². The van der Waals surface area contributed by atoms with Crippen molar-refractivity contribution in [1.29, 1.82) is 0 Å². The van der Waals surface area contributed by atoms with Gasteiger partial charge < -0.3 is 35.1 Å². The van der Waals surface area contributed by atoms with Crippen molar-refractivity contribution in [3.63, 3.8) is 0 Å². The van der Waals surface area contributed by atoms with Crippen molar-refractivity contribution < 1.29 is 95.8 Å². The third-order valence-corrected chi connectivity index (χ3v) is 0. The largest absolute Gasteiger partial charge is 3.00 e. The van der Waals surface area contributed by atoms with Crippen LogP contribution in [0.5, 0.6) is 0 Å². The van der Waals surface area contributed by atoms with E-state index >= 15 is 0 Å². The van der Waals surface area contributed by atoms with Crippen molar-refractivity contribution in [3.05, 3.63) is 15.3 Å². The summed E-state index contributed by atoms with van der Waals surface area (Å²) in [6.07, 6.45) is 0. The normalized spacial score (nSPS) is 4.93. The SMILES string of the molecule is CC(=O)[O-].CC(=O)[O-].O=[N+]([O-])[O-].[K+].[Rh+3].[Sr+2]. The van der Waals surface area contributed by atoms with E-state index in [0.717, 1.165) is 13.8 Å². The maximum absolute atomic E-state index is 8.89. The maximum Gasteiger partial charge on any atom is 3.00 e. The van der Waals surface area contributed by atoms with E-state index in [2.05, 4.69) is 0 Å². The van der Waals surface area contributed by atoms with Gasteiger partial charge in [0.25, 0.3) is 0 Å². The summed E-state index contributed by atoms with van der Waals surface area (Å²) in [5.41, 5.74) is 0. The Morgan fingerprint density at radius 2 is 1.00 bits per heavy atom. The molecule has 0 aliphatic rings. The molecular formula is C4H6KNO7RhSr+3. The van der Waals surface area contributed by atoms with Crippen LogP contribution in [0.2, 0.25) is 0 Å². The van der Waals surface area contributed by atoms with Gasteiger partial charge in [-0.25, -0.2) is 0 Å². The Morgan fingerprint density at radius 3 is 1.00 bits per heavy atom. The summed E-state index contributed by atoms with van der Waals surface area (Å²) in [7, 11) is 0. The number of hydrogen-bond acceptors (Lipinski definition) is 7. The summed E-state index contributed by atoms with van der Waals surface area (Å²) < 4.78 is 0. The third kappa shape index (κ3) is 865. The Morgan fingerprint density at radius 1 is 1.00 bits per heavy atom. The molecule has 0 bridgehead atoms. The molecule has 78 valence electrons. The molecule has 0 unspecified atom stereocenters. The van der Waals surface area contributed by atoms with Crippen molar-refractivity contribution in [3.8, 4) is 0 Å². The van der Waals surface area contributed by atoms with Crippen LogP contribution in [0.3, 0.4) is 0 Å². The van der Waals surface area contributed by atoms with E-state index < -0.39 is 17.0 Å². The van der Waals surface area contributed by atoms with E-state index in [1.807, 2.05) is 0 Å². The zero-order chi connectivity index (χ0) is 10.7. The molecule has 0 spiro atoms. The van der Waals surface area contributed by atoms with Crippen LogP contribution in [0.4, 0.5) is 0 Å². The second-order valence-corrected chi connectivity index (χ2v) is 1.21. The summed E-state index contributed by atoms with van der Waals surface area (Å²) in [5.74, 6) is -2.17. The van der Waals surface area contributed by atoms with Gasteiger partial charge in [0.05, 0.1) is 5.09 Å². The number of aliphatic carboxylic acids is 2. The molecule has 0 saturated carbocycles. The molecular weight excluding hydrogens is 404 g/mol. The number of carbonyl (C=O) groups excluding carboxylic acids is 2. The third-order valence-electron chi connectivity index (χ3n) is 0. The molecule has 0 atom stereocenters. The minimum Gasteiger partial charge on any atom is -0.550 e. The standard InChI is InChI=1S/2C2H4O2.K.NO3.Rh.Sr/c2*1-2(3)4;;2-1(3)4;;/h2*1H3,(H,3,4);;;;/q;;+1;-1;+3;+2/p-2. The summed E-state index contributed by atoms with van der Waals surface area (Å²) in [6.45, 7) is 1.94. The van der Waals surface area contributed by atoms with Gasteiger partial charge in [-0.05, 0) is 13.8 Å². The molecule has 0 aromatic rings. The molecule has 0 amide bonds. The Bertz CT molecular complexity index is 129. The molecule has 0 heterocycles. The second kappa shape index (κ2) is 29.7. The molecule has 11 heteroatoms. The maximum atomic E-state index is 8.89. The summed E-state index contributed by atoms with van der Waals surface area (Å²) >= 11 is 0. The average molecular weight is 410 g/mol. The quantitative estimate of drug-likeness (QED) is 0.220. The Hall–Kier alpha value is 1.88. The molecule has 0 saturated heterocycles. The predicted octanol–water partition coefficient (Wildman–Crippen LogP) is -6.11. The fourth-order valence-corrected chi connectivity index (χ4v) is 0. The van der Waals surface area contributed by atoms with Crippen molar-refractivity contribution in [2.45, 2.75) is 13.8 Å². The molecule has 15 heavy (non-hydrogen) atoms. The van der Waals surface area contributed by atoms with Gasteiger partial charge in [0.2, 0.25) is 0 Å². The van der Waals surface area contributed by atoms with Crippen LogP contribution in [0, 0.1) is 15.3 Å². The summed E-state index contributed by atoms with van der Waals surface area (Å²) in [5, 5.41) is 32.5. The van der Waals surface area contributed by atoms with Crippen LogP contribution in [0.25, 0.3) is 0 Å². The first-order chi connectivity index (χ1) is 5.20. The molecule has 0 aliphatic carbocycles. The van der Waals surface area contributed by atoms with Gasteiger partial charge in [-0.2, -0.15) is 0 Å². The minimum absolute atomic E-state index is 0. The van der Waals surface area contributed by atoms with Crippen LogP contribution < -0.4 is 61.6 Å². The van der Waals surface area contributed by atoms with E-state index in [-0.39, 0.29) is 116 Å². The smallest absolute Gasteiger partial charge is 0.550 e. The number of carbonyl (C=O) groups is 2. The van der Waals surface area contributed by atoms with Crippen LogP contribution in [0.1, 0.15) is 13.8 Å². The van der Waals surface area contributed by atoms with Crippen LogP contribution in [-0.2, 0) is 29.1 Å². The van der Waals surface area contributed by atoms with Crippen molar-refractivity contribution in [1.82, 2.24) is 0 Å². The molecule has 0 rings (SSSR count). The Kier molecular flexibility index (Phi) is 71.2. The first-order valence-corrected chi connectivity index (χ1v) is 2.36. The van der Waals surface area contributed by atoms with E-state index in [1.165, 1.54) is 0 Å². The van der Waals surface area contributed by atoms with E-state index in [1.54, 1.807) is 0 Å². The number of carboxylic acids is 2. The fourth-order valence-electron chi connectivity index (χ4n) is 0. The van der Waals surface area contributed by atoms with Crippen LogP contribution in [0.15, 0.2) is 0 Å². The molecule has 0 aliphatic heterocycles. The van der Waals surface area contributed by atoms with Gasteiger partial charge in [-0.3, -0.25) is 0 Å². The van der Waals surface area contributed by atoms with Gasteiger partial charge in [0.15, 0.2) is 0 Å². The molecule has 0 aromatic heterocycles. The fraction of sp³-hybridized carbons (Fsp3) is 0.500. The van der Waals surface area contributed by atoms with Gasteiger partial charge in [0.1, 0.15) is 0 Å². The van der Waals surface area contributed by atoms with E-state index in [0.29, 0.717) is 0 Å². The zero-order valence-corrected chi connectivity index (χ0v) is 16.6. The number of nitrogens with zero attached hydrogens (tertiary/aromatic N) is 1. The van der Waals surface area contributed by atoms with Crippen molar-refractivity contribution in [2.24, 2.45) is 0 Å². The van der Waals surface area contributed by atoms with Gasteiger partial charge in [0, 0.05) is 11.9 Å². The van der Waals surface area contributed by atoms with Crippen LogP contribution >= 0.6 is 0 Å². The summed E-state index contributed by atoms with van der Waals surface area (Å²) in [4.78, 5) is 26.0. The Balaban J connectivity index is -0.0000000184. The van der Waals surface area contributed by atoms with Crippen molar-refractivity contribution >= 4 is 57.4 Å². The monoisotopic (exact) mass is 410 g/mol. The van der Waals surface area contributed by atoms with Gasteiger partial charge >= 0.3 is 116 Å². The second-order valence-electron chi connectivity index (χ2n) is 1.21. The zero-order valence-electron chi connectivity index (χ0n) is 8.35. The van der Waals surface area contributed by atoms with E-state index in [4.69, 9.17) is 35.1 Å². The molecule has 0 radical (unpaired) electrons.